The number of para-hydroxylation sites is 1. The number of nitrogens with one attached hydrogen (secondary N) is 1. The van der Waals surface area contributed by atoms with Crippen LogP contribution in [0.2, 0.25) is 0 Å². The van der Waals surface area contributed by atoms with Crippen LogP contribution in [0.4, 0.5) is 0 Å². The van der Waals surface area contributed by atoms with Crippen LogP contribution in [0.25, 0.3) is 39.1 Å². The van der Waals surface area contributed by atoms with Gasteiger partial charge in [-0.3, -0.25) is 5.10 Å². The van der Waals surface area contributed by atoms with E-state index >= 15 is 0 Å². The number of H-pyrrole nitrogens is 1. The molecule has 1 atom stereocenters. The first-order valence-corrected chi connectivity index (χ1v) is 9.37. The van der Waals surface area contributed by atoms with Crippen LogP contribution >= 0.6 is 0 Å². The highest BCUT2D eigenvalue weighted by Gasteiger charge is 2.12. The minimum absolute atomic E-state index is 0.349. The van der Waals surface area contributed by atoms with Gasteiger partial charge in [-0.05, 0) is 48.2 Å². The van der Waals surface area contributed by atoms with E-state index < -0.39 is 0 Å². The molecule has 138 valence electrons. The topological polar surface area (TPSA) is 66.2 Å². The van der Waals surface area contributed by atoms with E-state index in [1.807, 2.05) is 53.9 Å². The quantitative estimate of drug-likeness (QED) is 0.492. The van der Waals surface area contributed by atoms with Crippen molar-refractivity contribution in [3.05, 3.63) is 78.6 Å². The summed E-state index contributed by atoms with van der Waals surface area (Å²) in [7, 11) is 0. The van der Waals surface area contributed by atoms with Crippen LogP contribution in [0.3, 0.4) is 0 Å². The normalized spacial score (nSPS) is 12.6. The van der Waals surface area contributed by atoms with Crippen molar-refractivity contribution < 1.29 is 5.11 Å². The number of benzene rings is 2. The number of aliphatic hydroxyl groups is 1. The molecule has 0 aliphatic heterocycles. The third-order valence-corrected chi connectivity index (χ3v) is 4.96. The number of pyridine rings is 1. The van der Waals surface area contributed by atoms with Crippen molar-refractivity contribution in [3.8, 4) is 22.5 Å². The molecule has 0 fully saturated rings. The maximum atomic E-state index is 9.66. The molecule has 2 aromatic carbocycles. The lowest BCUT2D eigenvalue weighted by Gasteiger charge is -2.08. The summed E-state index contributed by atoms with van der Waals surface area (Å²) in [4.78, 5) is 4.74. The van der Waals surface area contributed by atoms with E-state index in [0.717, 1.165) is 44.6 Å². The molecule has 0 bridgehead atoms. The number of nitrogens with zero attached hydrogens (tertiary/aromatic N) is 3. The molecule has 2 N–H and O–H groups in total. The number of fused-ring (bicyclic) bond motifs is 2. The van der Waals surface area contributed by atoms with Crippen molar-refractivity contribution in [1.82, 2.24) is 19.6 Å². The van der Waals surface area contributed by atoms with E-state index in [1.165, 1.54) is 0 Å². The Kier molecular flexibility index (Phi) is 3.95. The average Bonchev–Trinajstić information content (AvgIpc) is 3.30. The lowest BCUT2D eigenvalue weighted by Crippen LogP contribution is -2.03. The lowest BCUT2D eigenvalue weighted by atomic mass is 10.0. The van der Waals surface area contributed by atoms with Crippen LogP contribution in [-0.4, -0.2) is 30.8 Å². The summed E-state index contributed by atoms with van der Waals surface area (Å²) in [6.07, 6.45) is 4.40. The number of aromatic nitrogens is 4. The zero-order valence-electron chi connectivity index (χ0n) is 15.5. The Morgan fingerprint density at radius 2 is 1.89 bits per heavy atom. The second kappa shape index (κ2) is 6.62. The molecule has 5 rings (SSSR count). The number of aromatic amines is 1. The van der Waals surface area contributed by atoms with Crippen LogP contribution in [0, 0.1) is 0 Å². The number of rotatable bonds is 4. The molecule has 5 aromatic rings. The predicted molar refractivity (Wildman–Crippen MR) is 111 cm³/mol. The molecule has 0 aliphatic carbocycles. The molecular formula is C23H20N4O. The zero-order valence-corrected chi connectivity index (χ0v) is 15.5. The van der Waals surface area contributed by atoms with E-state index in [-0.39, 0.29) is 6.10 Å². The number of imidazole rings is 1. The van der Waals surface area contributed by atoms with Gasteiger partial charge in [-0.2, -0.15) is 5.10 Å². The van der Waals surface area contributed by atoms with Gasteiger partial charge in [0.05, 0.1) is 11.6 Å². The van der Waals surface area contributed by atoms with E-state index in [2.05, 4.69) is 40.7 Å². The molecule has 0 radical (unpaired) electrons. The Labute approximate surface area is 162 Å². The van der Waals surface area contributed by atoms with Crippen LogP contribution in [-0.2, 0) is 6.42 Å². The Bertz CT molecular complexity index is 1280. The molecule has 1 unspecified atom stereocenters. The van der Waals surface area contributed by atoms with Gasteiger partial charge in [0, 0.05) is 17.8 Å². The third-order valence-electron chi connectivity index (χ3n) is 4.96. The van der Waals surface area contributed by atoms with Crippen LogP contribution < -0.4 is 0 Å². The van der Waals surface area contributed by atoms with Gasteiger partial charge in [0.1, 0.15) is 17.0 Å². The van der Waals surface area contributed by atoms with Gasteiger partial charge in [0.15, 0.2) is 0 Å². The van der Waals surface area contributed by atoms with Gasteiger partial charge in [-0.15, -0.1) is 0 Å². The summed E-state index contributed by atoms with van der Waals surface area (Å²) in [6.45, 7) is 1.81. The molecule has 3 aromatic heterocycles. The van der Waals surface area contributed by atoms with Crippen molar-refractivity contribution in [3.63, 3.8) is 0 Å². The molecule has 0 saturated carbocycles. The Balaban J connectivity index is 1.56. The van der Waals surface area contributed by atoms with E-state index in [0.29, 0.717) is 6.42 Å². The van der Waals surface area contributed by atoms with Gasteiger partial charge in [-0.25, -0.2) is 4.98 Å². The molecule has 0 saturated heterocycles. The standard InChI is InChI=1S/C23H20N4O/c1-15(28)11-16-5-4-6-17(12-16)18-9-10-22-24-21(14-27(22)13-18)23-19-7-2-3-8-20(19)25-26-23/h2-10,12-15,28H,11H2,1H3,(H,25,26). The summed E-state index contributed by atoms with van der Waals surface area (Å²) in [5.41, 5.74) is 6.95. The van der Waals surface area contributed by atoms with Gasteiger partial charge < -0.3 is 9.51 Å². The highest BCUT2D eigenvalue weighted by Crippen LogP contribution is 2.27. The maximum absolute atomic E-state index is 9.66. The van der Waals surface area contributed by atoms with Crippen molar-refractivity contribution in [2.24, 2.45) is 0 Å². The SMILES string of the molecule is CC(O)Cc1cccc(-c2ccc3nc(-c4n[nH]c5ccccc45)cn3c2)c1. The molecule has 5 heteroatoms. The summed E-state index contributed by atoms with van der Waals surface area (Å²) in [5.74, 6) is 0. The van der Waals surface area contributed by atoms with Crippen LogP contribution in [0.1, 0.15) is 12.5 Å². The minimum atomic E-state index is -0.349. The van der Waals surface area contributed by atoms with E-state index in [1.54, 1.807) is 0 Å². The fourth-order valence-corrected chi connectivity index (χ4v) is 3.65. The molecule has 0 amide bonds. The fourth-order valence-electron chi connectivity index (χ4n) is 3.65. The maximum Gasteiger partial charge on any atom is 0.137 e. The molecule has 3 heterocycles. The first-order chi connectivity index (χ1) is 13.7. The number of hydrogen-bond donors (Lipinski definition) is 2. The fraction of sp³-hybridized carbons (Fsp3) is 0.130. The molecule has 5 nitrogen and oxygen atoms in total. The smallest absolute Gasteiger partial charge is 0.137 e. The van der Waals surface area contributed by atoms with E-state index in [9.17, 15) is 5.11 Å². The largest absolute Gasteiger partial charge is 0.393 e. The highest BCUT2D eigenvalue weighted by atomic mass is 16.3. The van der Waals surface area contributed by atoms with Crippen LogP contribution in [0.15, 0.2) is 73.1 Å². The predicted octanol–water partition coefficient (Wildman–Crippen LogP) is 4.47. The first-order valence-electron chi connectivity index (χ1n) is 9.37. The van der Waals surface area contributed by atoms with Gasteiger partial charge in [0.25, 0.3) is 0 Å². The average molecular weight is 368 g/mol. The molecule has 0 spiro atoms. The minimum Gasteiger partial charge on any atom is -0.393 e. The van der Waals surface area contributed by atoms with Crippen molar-refractivity contribution in [2.75, 3.05) is 0 Å². The lowest BCUT2D eigenvalue weighted by molar-refractivity contribution is 0.195. The molecular weight excluding hydrogens is 348 g/mol. The molecule has 28 heavy (non-hydrogen) atoms. The number of hydrogen-bond acceptors (Lipinski definition) is 3. The molecule has 0 aliphatic rings. The Morgan fingerprint density at radius 1 is 1.00 bits per heavy atom. The van der Waals surface area contributed by atoms with Crippen LogP contribution in [0.5, 0.6) is 0 Å². The summed E-state index contributed by atoms with van der Waals surface area (Å²) in [6, 6.07) is 20.5. The van der Waals surface area contributed by atoms with Crippen molar-refractivity contribution >= 4 is 16.6 Å². The summed E-state index contributed by atoms with van der Waals surface area (Å²) in [5, 5.41) is 18.2. The monoisotopic (exact) mass is 368 g/mol. The summed E-state index contributed by atoms with van der Waals surface area (Å²) >= 11 is 0. The van der Waals surface area contributed by atoms with Gasteiger partial charge in [-0.1, -0.05) is 42.5 Å². The Hall–Kier alpha value is -3.44. The second-order valence-electron chi connectivity index (χ2n) is 7.18. The first kappa shape index (κ1) is 16.7. The van der Waals surface area contributed by atoms with Gasteiger partial charge in [0.2, 0.25) is 0 Å². The third kappa shape index (κ3) is 2.96. The van der Waals surface area contributed by atoms with Crippen molar-refractivity contribution in [1.29, 1.82) is 0 Å². The van der Waals surface area contributed by atoms with Gasteiger partial charge >= 0.3 is 0 Å². The number of aliphatic hydroxyl groups excluding tert-OH is 1. The van der Waals surface area contributed by atoms with E-state index in [4.69, 9.17) is 4.98 Å². The Morgan fingerprint density at radius 3 is 2.79 bits per heavy atom. The highest BCUT2D eigenvalue weighted by molar-refractivity contribution is 5.92. The van der Waals surface area contributed by atoms with Crippen molar-refractivity contribution in [2.45, 2.75) is 19.4 Å². The zero-order chi connectivity index (χ0) is 19.1. The second-order valence-corrected chi connectivity index (χ2v) is 7.18. The summed E-state index contributed by atoms with van der Waals surface area (Å²) < 4.78 is 2.04.